The van der Waals surface area contributed by atoms with Crippen LogP contribution >= 0.6 is 22.1 Å². The van der Waals surface area contributed by atoms with Crippen LogP contribution in [0.2, 0.25) is 5.02 Å². The molecule has 2 unspecified atom stereocenters. The highest BCUT2D eigenvalue weighted by atomic mass is 35.5. The maximum absolute atomic E-state index is 13.5. The van der Waals surface area contributed by atoms with Crippen LogP contribution in [0.3, 0.4) is 0 Å². The van der Waals surface area contributed by atoms with E-state index in [-0.39, 0.29) is 12.4 Å². The van der Waals surface area contributed by atoms with Crippen molar-refractivity contribution in [2.24, 2.45) is 4.99 Å². The summed E-state index contributed by atoms with van der Waals surface area (Å²) >= 11 is 6.49. The number of hydrogen-bond donors (Lipinski definition) is 1. The van der Waals surface area contributed by atoms with Crippen molar-refractivity contribution in [3.8, 4) is 5.75 Å². The van der Waals surface area contributed by atoms with E-state index < -0.39 is 21.7 Å². The van der Waals surface area contributed by atoms with Crippen LogP contribution in [-0.4, -0.2) is 31.2 Å². The number of carbonyl (C=O) groups is 1. The summed E-state index contributed by atoms with van der Waals surface area (Å²) in [6, 6.07) is 21.5. The average Bonchev–Trinajstić information content (AvgIpc) is 3.36. The van der Waals surface area contributed by atoms with E-state index in [0.29, 0.717) is 46.9 Å². The van der Waals surface area contributed by atoms with Gasteiger partial charge in [-0.2, -0.15) is 0 Å². The van der Waals surface area contributed by atoms with Gasteiger partial charge in [-0.05, 0) is 53.2 Å². The van der Waals surface area contributed by atoms with Crippen LogP contribution in [0.4, 0.5) is 10.1 Å². The largest absolute Gasteiger partial charge is 0.487 e. The number of aliphatic carboxylic acids is 1. The lowest BCUT2D eigenvalue weighted by molar-refractivity contribution is -0.136. The normalized spacial score (nSPS) is 15.5. The second-order valence-electron chi connectivity index (χ2n) is 9.09. The monoisotopic (exact) mass is 563 g/mol. The molecule has 1 aromatic heterocycles. The molecule has 0 aliphatic carbocycles. The molecule has 0 saturated carbocycles. The average molecular weight is 564 g/mol. The van der Waals surface area contributed by atoms with Crippen molar-refractivity contribution in [2.45, 2.75) is 43.2 Å². The first kappa shape index (κ1) is 26.8. The standard InChI is InChI=1S/C30H27ClFN3O3S/c1-2-27(30(36)37)39-14-13-24-28(33-19-35(29(24)39)17-20-7-4-3-5-8-20)34-23-11-12-26(25(31)16-23)38-18-21-9-6-10-22(32)15-21/h3-12,14-16,19,27H,2,13,17-18H2,1H3,(H,36,37). The Morgan fingerprint density at radius 2 is 1.95 bits per heavy atom. The zero-order valence-electron chi connectivity index (χ0n) is 21.3. The van der Waals surface area contributed by atoms with Gasteiger partial charge in [0.15, 0.2) is 5.49 Å². The van der Waals surface area contributed by atoms with Crippen molar-refractivity contribution in [3.05, 3.63) is 112 Å². The van der Waals surface area contributed by atoms with E-state index >= 15 is 0 Å². The van der Waals surface area contributed by atoms with Gasteiger partial charge in [-0.3, -0.25) is 4.79 Å². The Morgan fingerprint density at radius 3 is 2.67 bits per heavy atom. The minimum Gasteiger partial charge on any atom is -0.487 e. The third-order valence-electron chi connectivity index (χ3n) is 6.38. The quantitative estimate of drug-likeness (QED) is 0.189. The SMILES string of the molecule is CCC(C(=O)O)S1=CCc2c1n(Cc1ccccc1)cnc2=Nc1ccc(OCc2cccc(F)c2)c(Cl)c1. The van der Waals surface area contributed by atoms with Gasteiger partial charge in [0.2, 0.25) is 0 Å². The molecule has 1 aliphatic heterocycles. The summed E-state index contributed by atoms with van der Waals surface area (Å²) in [4.78, 5) is 21.5. The minimum atomic E-state index is -0.799. The molecule has 0 saturated heterocycles. The minimum absolute atomic E-state index is 0.184. The predicted molar refractivity (Wildman–Crippen MR) is 153 cm³/mol. The van der Waals surface area contributed by atoms with Gasteiger partial charge in [-0.15, -0.1) is 10.5 Å². The number of rotatable bonds is 9. The van der Waals surface area contributed by atoms with E-state index in [4.69, 9.17) is 21.3 Å². The molecular formula is C30H27ClFN3O3S. The van der Waals surface area contributed by atoms with E-state index in [1.807, 2.05) is 37.3 Å². The molecule has 0 amide bonds. The van der Waals surface area contributed by atoms with Crippen molar-refractivity contribution in [2.75, 3.05) is 0 Å². The van der Waals surface area contributed by atoms with Crippen molar-refractivity contribution >= 4 is 39.1 Å². The second-order valence-corrected chi connectivity index (χ2v) is 11.5. The lowest BCUT2D eigenvalue weighted by atomic mass is 10.2. The van der Waals surface area contributed by atoms with Gasteiger partial charge < -0.3 is 14.4 Å². The summed E-state index contributed by atoms with van der Waals surface area (Å²) in [7, 11) is -0.589. The number of aromatic nitrogens is 2. The third kappa shape index (κ3) is 6.13. The Morgan fingerprint density at radius 1 is 1.15 bits per heavy atom. The number of carboxylic acid groups (broad SMARTS) is 1. The summed E-state index contributed by atoms with van der Waals surface area (Å²) in [5.74, 6) is -0.654. The lowest BCUT2D eigenvalue weighted by Crippen LogP contribution is -2.22. The Labute approximate surface area is 233 Å². The van der Waals surface area contributed by atoms with E-state index in [2.05, 4.69) is 14.9 Å². The molecule has 200 valence electrons. The molecule has 2 heterocycles. The first-order valence-electron chi connectivity index (χ1n) is 12.5. The van der Waals surface area contributed by atoms with Crippen LogP contribution in [0.25, 0.3) is 0 Å². The van der Waals surface area contributed by atoms with Gasteiger partial charge in [0.05, 0.1) is 22.1 Å². The van der Waals surface area contributed by atoms with Gasteiger partial charge >= 0.3 is 5.97 Å². The third-order valence-corrected chi connectivity index (χ3v) is 9.28. The van der Waals surface area contributed by atoms with Crippen molar-refractivity contribution in [1.29, 1.82) is 0 Å². The Kier molecular flexibility index (Phi) is 8.24. The Hall–Kier alpha value is -3.75. The number of fused-ring (bicyclic) bond motifs is 1. The number of nitrogens with zero attached hydrogens (tertiary/aromatic N) is 3. The van der Waals surface area contributed by atoms with Crippen molar-refractivity contribution in [3.63, 3.8) is 0 Å². The van der Waals surface area contributed by atoms with Gasteiger partial charge in [0.25, 0.3) is 0 Å². The summed E-state index contributed by atoms with van der Waals surface area (Å²) < 4.78 is 21.3. The van der Waals surface area contributed by atoms with Crippen molar-refractivity contribution in [1.82, 2.24) is 9.55 Å². The zero-order chi connectivity index (χ0) is 27.4. The van der Waals surface area contributed by atoms with Gasteiger partial charge in [-0.1, -0.05) is 61.0 Å². The van der Waals surface area contributed by atoms with E-state index in [9.17, 15) is 14.3 Å². The molecule has 6 nitrogen and oxygen atoms in total. The summed E-state index contributed by atoms with van der Waals surface area (Å²) in [6.07, 6.45) is 2.87. The fraction of sp³-hybridized carbons (Fsp3) is 0.200. The fourth-order valence-corrected chi connectivity index (χ4v) is 7.17. The molecule has 39 heavy (non-hydrogen) atoms. The molecule has 0 fully saturated rings. The smallest absolute Gasteiger partial charge is 0.316 e. The molecule has 9 heteroatoms. The molecular weight excluding hydrogens is 537 g/mol. The molecule has 2 atom stereocenters. The van der Waals surface area contributed by atoms with Gasteiger partial charge in [-0.25, -0.2) is 14.4 Å². The topological polar surface area (TPSA) is 76.7 Å². The Balaban J connectivity index is 1.48. The molecule has 4 aromatic rings. The molecule has 1 N–H and O–H groups in total. The molecule has 0 bridgehead atoms. The fourth-order valence-electron chi connectivity index (χ4n) is 4.52. The number of hydrogen-bond acceptors (Lipinski definition) is 4. The first-order chi connectivity index (χ1) is 18.9. The number of benzene rings is 3. The van der Waals surface area contributed by atoms with Crippen LogP contribution in [0.15, 0.2) is 89.1 Å². The first-order valence-corrected chi connectivity index (χ1v) is 14.3. The maximum Gasteiger partial charge on any atom is 0.316 e. The van der Waals surface area contributed by atoms with Crippen LogP contribution in [0.5, 0.6) is 5.75 Å². The maximum atomic E-state index is 13.5. The van der Waals surface area contributed by atoms with E-state index in [1.165, 1.54) is 12.1 Å². The van der Waals surface area contributed by atoms with Crippen LogP contribution in [-0.2, 0) is 24.4 Å². The van der Waals surface area contributed by atoms with Crippen LogP contribution < -0.4 is 10.2 Å². The van der Waals surface area contributed by atoms with E-state index in [1.54, 1.807) is 36.7 Å². The highest BCUT2D eigenvalue weighted by molar-refractivity contribution is 8.16. The number of halogens is 2. The second kappa shape index (κ2) is 12.0. The summed E-state index contributed by atoms with van der Waals surface area (Å²) in [6.45, 7) is 2.68. The predicted octanol–water partition coefficient (Wildman–Crippen LogP) is 6.38. The molecule has 0 radical (unpaired) electrons. The highest BCUT2D eigenvalue weighted by Gasteiger charge is 2.28. The summed E-state index contributed by atoms with van der Waals surface area (Å²) in [5.41, 5.74) is 3.89. The van der Waals surface area contributed by atoms with Crippen LogP contribution in [0.1, 0.15) is 30.0 Å². The van der Waals surface area contributed by atoms with Crippen molar-refractivity contribution < 1.29 is 19.0 Å². The molecule has 1 aliphatic rings. The molecule has 3 aromatic carbocycles. The summed E-state index contributed by atoms with van der Waals surface area (Å²) in [5, 5.41) is 12.8. The Bertz CT molecular complexity index is 1620. The molecule has 5 rings (SSSR count). The van der Waals surface area contributed by atoms with Crippen LogP contribution in [0, 0.1) is 5.82 Å². The van der Waals surface area contributed by atoms with Gasteiger partial charge in [0.1, 0.15) is 23.4 Å². The highest BCUT2D eigenvalue weighted by Crippen LogP contribution is 2.39. The molecule has 0 spiro atoms. The lowest BCUT2D eigenvalue weighted by Gasteiger charge is -2.20. The van der Waals surface area contributed by atoms with Gasteiger partial charge in [0, 0.05) is 18.5 Å². The van der Waals surface area contributed by atoms with E-state index in [0.717, 1.165) is 16.2 Å². The number of carboxylic acids is 1. The zero-order valence-corrected chi connectivity index (χ0v) is 22.8. The number of ether oxygens (including phenoxy) is 1.